The van der Waals surface area contributed by atoms with E-state index < -0.39 is 0 Å². The molecule has 7 aromatic carbocycles. The van der Waals surface area contributed by atoms with E-state index in [2.05, 4.69) is 84.9 Å². The predicted molar refractivity (Wildman–Crippen MR) is 184 cm³/mol. The Kier molecular flexibility index (Phi) is 5.78. The summed E-state index contributed by atoms with van der Waals surface area (Å²) in [5, 5.41) is 7.16. The first-order valence-electron chi connectivity index (χ1n) is 15.0. The summed E-state index contributed by atoms with van der Waals surface area (Å²) in [6, 6.07) is 52.4. The fourth-order valence-corrected chi connectivity index (χ4v) is 6.23. The molecule has 0 spiro atoms. The normalized spacial score (nSPS) is 11.6. The molecule has 0 bridgehead atoms. The number of hydrogen-bond acceptors (Lipinski definition) is 4. The Morgan fingerprint density at radius 3 is 1.44 bits per heavy atom. The van der Waals surface area contributed by atoms with Crippen molar-refractivity contribution in [2.24, 2.45) is 0 Å². The lowest BCUT2D eigenvalue weighted by atomic mass is 9.97. The van der Waals surface area contributed by atoms with Crippen LogP contribution >= 0.6 is 0 Å². The van der Waals surface area contributed by atoms with Gasteiger partial charge in [-0.2, -0.15) is 0 Å². The molecule has 0 N–H and O–H groups in total. The molecule has 0 aliphatic carbocycles. The summed E-state index contributed by atoms with van der Waals surface area (Å²) < 4.78 is 6.48. The van der Waals surface area contributed by atoms with Gasteiger partial charge in [-0.3, -0.25) is 0 Å². The van der Waals surface area contributed by atoms with Gasteiger partial charge in [-0.05, 0) is 63.0 Å². The van der Waals surface area contributed by atoms with E-state index in [0.717, 1.165) is 49.8 Å². The summed E-state index contributed by atoms with van der Waals surface area (Å²) in [6.45, 7) is 0. The van der Waals surface area contributed by atoms with E-state index in [1.807, 2.05) is 66.7 Å². The lowest BCUT2D eigenvalue weighted by molar-refractivity contribution is 0.669. The lowest BCUT2D eigenvalue weighted by Crippen LogP contribution is -2.00. The van der Waals surface area contributed by atoms with E-state index in [9.17, 15) is 0 Å². The van der Waals surface area contributed by atoms with Crippen LogP contribution in [0.3, 0.4) is 0 Å². The average molecular weight is 576 g/mol. The molecule has 0 aliphatic heterocycles. The zero-order valence-electron chi connectivity index (χ0n) is 24.2. The van der Waals surface area contributed by atoms with Crippen molar-refractivity contribution in [1.82, 2.24) is 15.0 Å². The maximum atomic E-state index is 6.48. The molecule has 0 aliphatic rings. The highest BCUT2D eigenvalue weighted by Gasteiger charge is 2.15. The number of hydrogen-bond donors (Lipinski definition) is 0. The molecular weight excluding hydrogens is 550 g/mol. The Morgan fingerprint density at radius 2 is 0.778 bits per heavy atom. The van der Waals surface area contributed by atoms with Gasteiger partial charge in [0.25, 0.3) is 0 Å². The van der Waals surface area contributed by atoms with Gasteiger partial charge in [0.15, 0.2) is 17.5 Å². The fraction of sp³-hybridized carbons (Fsp3) is 0. The maximum Gasteiger partial charge on any atom is 0.164 e. The molecule has 210 valence electrons. The third-order valence-corrected chi connectivity index (χ3v) is 8.51. The molecule has 0 unspecified atom stereocenters. The molecule has 9 rings (SSSR count). The zero-order chi connectivity index (χ0) is 29.7. The zero-order valence-corrected chi connectivity index (χ0v) is 24.2. The molecule has 2 heterocycles. The van der Waals surface area contributed by atoms with Crippen LogP contribution in [0.5, 0.6) is 0 Å². The van der Waals surface area contributed by atoms with Gasteiger partial charge in [-0.1, -0.05) is 121 Å². The van der Waals surface area contributed by atoms with E-state index in [4.69, 9.17) is 19.4 Å². The summed E-state index contributed by atoms with van der Waals surface area (Å²) in [6.07, 6.45) is 0. The summed E-state index contributed by atoms with van der Waals surface area (Å²) in [4.78, 5) is 14.6. The number of benzene rings is 7. The minimum Gasteiger partial charge on any atom is -0.456 e. The largest absolute Gasteiger partial charge is 0.456 e. The van der Waals surface area contributed by atoms with E-state index in [0.29, 0.717) is 17.5 Å². The molecule has 0 radical (unpaired) electrons. The molecule has 4 nitrogen and oxygen atoms in total. The summed E-state index contributed by atoms with van der Waals surface area (Å²) in [5.74, 6) is 1.88. The minimum atomic E-state index is 0.606. The van der Waals surface area contributed by atoms with Gasteiger partial charge < -0.3 is 4.42 Å². The van der Waals surface area contributed by atoms with Gasteiger partial charge >= 0.3 is 0 Å². The Balaban J connectivity index is 1.14. The first-order chi connectivity index (χ1) is 22.3. The van der Waals surface area contributed by atoms with E-state index in [-0.39, 0.29) is 0 Å². The van der Waals surface area contributed by atoms with E-state index in [1.165, 1.54) is 21.5 Å². The van der Waals surface area contributed by atoms with Crippen molar-refractivity contribution in [3.05, 3.63) is 152 Å². The summed E-state index contributed by atoms with van der Waals surface area (Å²) in [7, 11) is 0. The van der Waals surface area contributed by atoms with Crippen LogP contribution in [0.1, 0.15) is 0 Å². The molecule has 2 aromatic heterocycles. The van der Waals surface area contributed by atoms with Crippen molar-refractivity contribution in [3.8, 4) is 45.3 Å². The van der Waals surface area contributed by atoms with Crippen molar-refractivity contribution in [1.29, 1.82) is 0 Å². The van der Waals surface area contributed by atoms with Gasteiger partial charge in [0.05, 0.1) is 0 Å². The van der Waals surface area contributed by atoms with Crippen LogP contribution in [0.25, 0.3) is 88.8 Å². The first kappa shape index (κ1) is 25.4. The highest BCUT2D eigenvalue weighted by Crippen LogP contribution is 2.36. The summed E-state index contributed by atoms with van der Waals surface area (Å²) in [5.41, 5.74) is 6.69. The third kappa shape index (κ3) is 4.43. The smallest absolute Gasteiger partial charge is 0.164 e. The molecular formula is C41H25N3O. The number of aromatic nitrogens is 3. The maximum absolute atomic E-state index is 6.48. The van der Waals surface area contributed by atoms with Gasteiger partial charge in [0.2, 0.25) is 0 Å². The predicted octanol–water partition coefficient (Wildman–Crippen LogP) is 10.7. The van der Waals surface area contributed by atoms with Crippen molar-refractivity contribution in [2.45, 2.75) is 0 Å². The van der Waals surface area contributed by atoms with Crippen LogP contribution in [-0.2, 0) is 0 Å². The molecule has 0 atom stereocenters. The average Bonchev–Trinajstić information content (AvgIpc) is 3.49. The SMILES string of the molecule is c1ccc(-c2nc(-c3ccccc3)nc(-c3ccc4c(c3)oc3cc(-c5ccc6c(ccc7ccccc76)c5)ccc34)n2)cc1. The third-order valence-electron chi connectivity index (χ3n) is 8.51. The topological polar surface area (TPSA) is 51.8 Å². The van der Waals surface area contributed by atoms with Crippen molar-refractivity contribution in [3.63, 3.8) is 0 Å². The summed E-state index contributed by atoms with van der Waals surface area (Å²) >= 11 is 0. The van der Waals surface area contributed by atoms with E-state index in [1.54, 1.807) is 0 Å². The van der Waals surface area contributed by atoms with Crippen LogP contribution < -0.4 is 0 Å². The number of fused-ring (bicyclic) bond motifs is 6. The van der Waals surface area contributed by atoms with Crippen LogP contribution in [0.4, 0.5) is 0 Å². The van der Waals surface area contributed by atoms with Gasteiger partial charge in [-0.15, -0.1) is 0 Å². The van der Waals surface area contributed by atoms with Crippen molar-refractivity contribution >= 4 is 43.5 Å². The van der Waals surface area contributed by atoms with Crippen molar-refractivity contribution in [2.75, 3.05) is 0 Å². The highest BCUT2D eigenvalue weighted by atomic mass is 16.3. The quantitative estimate of drug-likeness (QED) is 0.196. The van der Waals surface area contributed by atoms with Gasteiger partial charge in [0.1, 0.15) is 11.2 Å². The number of furan rings is 1. The molecule has 0 amide bonds. The molecule has 45 heavy (non-hydrogen) atoms. The second kappa shape index (κ2) is 10.2. The second-order valence-electron chi connectivity index (χ2n) is 11.3. The standard InChI is InChI=1S/C41H25N3O/c1-3-10-27(11-4-1)39-42-40(28-12-5-2-6-13-28)44-41(43-39)32-19-22-36-35-21-18-30(24-37(35)45-38(36)25-32)29-17-20-34-31(23-29)16-15-26-9-7-8-14-33(26)34/h1-25H. The molecule has 9 aromatic rings. The van der Waals surface area contributed by atoms with Crippen LogP contribution in [-0.4, -0.2) is 15.0 Å². The van der Waals surface area contributed by atoms with Crippen LogP contribution in [0.15, 0.2) is 156 Å². The number of nitrogens with zero attached hydrogens (tertiary/aromatic N) is 3. The number of rotatable bonds is 4. The van der Waals surface area contributed by atoms with Gasteiger partial charge in [0, 0.05) is 27.5 Å². The molecule has 0 saturated carbocycles. The Labute approximate surface area is 259 Å². The van der Waals surface area contributed by atoms with Crippen LogP contribution in [0, 0.1) is 0 Å². The molecule has 0 fully saturated rings. The first-order valence-corrected chi connectivity index (χ1v) is 15.0. The van der Waals surface area contributed by atoms with Crippen molar-refractivity contribution < 1.29 is 4.42 Å². The van der Waals surface area contributed by atoms with E-state index >= 15 is 0 Å². The minimum absolute atomic E-state index is 0.606. The molecule has 0 saturated heterocycles. The monoisotopic (exact) mass is 575 g/mol. The Hall–Kier alpha value is -6.13. The molecule has 4 heteroatoms. The van der Waals surface area contributed by atoms with Gasteiger partial charge in [-0.25, -0.2) is 15.0 Å². The van der Waals surface area contributed by atoms with Crippen LogP contribution in [0.2, 0.25) is 0 Å². The highest BCUT2D eigenvalue weighted by molar-refractivity contribution is 6.09. The Bertz CT molecular complexity index is 2480. The fourth-order valence-electron chi connectivity index (χ4n) is 6.23. The lowest BCUT2D eigenvalue weighted by Gasteiger charge is -2.08. The Morgan fingerprint density at radius 1 is 0.311 bits per heavy atom. The second-order valence-corrected chi connectivity index (χ2v) is 11.3.